The van der Waals surface area contributed by atoms with Gasteiger partial charge in [0, 0.05) is 0 Å². The molecule has 0 fully saturated rings. The van der Waals surface area contributed by atoms with E-state index in [4.69, 9.17) is 0 Å². The normalized spacial score (nSPS) is 10.8. The molecule has 0 aliphatic carbocycles. The molecule has 0 aromatic rings. The summed E-state index contributed by atoms with van der Waals surface area (Å²) < 4.78 is 33.3. The number of thioether (sulfide) groups is 1. The van der Waals surface area contributed by atoms with Gasteiger partial charge < -0.3 is 14.2 Å². The Balaban J connectivity index is 3.56. The van der Waals surface area contributed by atoms with E-state index in [2.05, 4.69) is 25.8 Å². The van der Waals surface area contributed by atoms with Crippen molar-refractivity contribution in [2.24, 2.45) is 0 Å². The molecule has 0 rings (SSSR count). The maximum atomic E-state index is 12.0. The van der Waals surface area contributed by atoms with Gasteiger partial charge >= 0.3 is 16.8 Å². The van der Waals surface area contributed by atoms with Crippen molar-refractivity contribution in [3.05, 3.63) is 0 Å². The van der Waals surface area contributed by atoms with Crippen LogP contribution >= 0.6 is 23.4 Å². The molecule has 16 heavy (non-hydrogen) atoms. The van der Waals surface area contributed by atoms with Crippen LogP contribution in [0.5, 0.6) is 0 Å². The van der Waals surface area contributed by atoms with Crippen LogP contribution in [0.15, 0.2) is 0 Å². The Morgan fingerprint density at radius 3 is 2.44 bits per heavy atom. The highest BCUT2D eigenvalue weighted by molar-refractivity contribution is 8.01. The van der Waals surface area contributed by atoms with E-state index in [9.17, 15) is 18.4 Å². The molecule has 0 aromatic heterocycles. The van der Waals surface area contributed by atoms with E-state index in [0.29, 0.717) is 0 Å². The number of hydrogen-bond acceptors (Lipinski definition) is 6. The summed E-state index contributed by atoms with van der Waals surface area (Å²) in [5.74, 6) is -1.44. The molecule has 9 heteroatoms. The second kappa shape index (κ2) is 7.50. The molecule has 0 saturated carbocycles. The summed E-state index contributed by atoms with van der Waals surface area (Å²) in [6.45, 7) is 1.09. The van der Waals surface area contributed by atoms with Gasteiger partial charge in [-0.2, -0.15) is 8.78 Å². The highest BCUT2D eigenvalue weighted by Crippen LogP contribution is 2.32. The van der Waals surface area contributed by atoms with Gasteiger partial charge in [-0.1, -0.05) is 0 Å². The number of alkyl halides is 3. The summed E-state index contributed by atoms with van der Waals surface area (Å²) in [6.07, 6.45) is -1.25. The number of carbonyl (C=O) groups excluding carboxylic acids is 2. The van der Waals surface area contributed by atoms with Crippen molar-refractivity contribution >= 4 is 35.5 Å². The van der Waals surface area contributed by atoms with Gasteiger partial charge in [0.2, 0.25) is 0 Å². The number of esters is 1. The molecular formula is C7H9ClF2O5S. The summed E-state index contributed by atoms with van der Waals surface area (Å²) in [7, 11) is 0. The van der Waals surface area contributed by atoms with Crippen LogP contribution in [0.4, 0.5) is 13.6 Å². The summed E-state index contributed by atoms with van der Waals surface area (Å²) in [4.78, 5) is 21.4. The first-order chi connectivity index (χ1) is 7.35. The Hall–Kier alpha value is -0.760. The second-order valence-electron chi connectivity index (χ2n) is 2.20. The number of hydrogen-bond donors (Lipinski definition) is 0. The number of halogens is 3. The second-order valence-corrected chi connectivity index (χ2v) is 3.93. The molecule has 0 spiro atoms. The Kier molecular flexibility index (Phi) is 7.15. The monoisotopic (exact) mass is 278 g/mol. The van der Waals surface area contributed by atoms with Gasteiger partial charge in [0.1, 0.15) is 5.94 Å². The molecule has 0 atom stereocenters. The molecule has 0 bridgehead atoms. The predicted molar refractivity (Wildman–Crippen MR) is 52.3 cm³/mol. The van der Waals surface area contributed by atoms with E-state index < -0.39 is 29.4 Å². The first-order valence-corrected chi connectivity index (χ1v) is 5.37. The Labute approximate surface area is 99.4 Å². The average Bonchev–Trinajstić information content (AvgIpc) is 2.13. The fraction of sp³-hybridized carbons (Fsp3) is 0.714. The topological polar surface area (TPSA) is 61.8 Å². The van der Waals surface area contributed by atoms with E-state index in [1.54, 1.807) is 6.92 Å². The molecule has 0 amide bonds. The van der Waals surface area contributed by atoms with Crippen molar-refractivity contribution in [3.8, 4) is 0 Å². The molecule has 0 radical (unpaired) electrons. The zero-order chi connectivity index (χ0) is 12.6. The molecule has 0 unspecified atom stereocenters. The lowest BCUT2D eigenvalue weighted by molar-refractivity contribution is -0.147. The van der Waals surface area contributed by atoms with E-state index in [1.165, 1.54) is 0 Å². The van der Waals surface area contributed by atoms with Crippen LogP contribution in [0.3, 0.4) is 0 Å². The smallest absolute Gasteiger partial charge is 0.463 e. The Morgan fingerprint density at radius 1 is 1.31 bits per heavy atom. The van der Waals surface area contributed by atoms with Crippen LogP contribution in [0.1, 0.15) is 6.92 Å². The van der Waals surface area contributed by atoms with Crippen LogP contribution in [0.2, 0.25) is 0 Å². The maximum absolute atomic E-state index is 12.0. The minimum atomic E-state index is -3.51. The van der Waals surface area contributed by atoms with Crippen molar-refractivity contribution in [2.75, 3.05) is 19.2 Å². The third-order valence-corrected chi connectivity index (χ3v) is 1.90. The molecule has 0 aliphatic rings. The zero-order valence-corrected chi connectivity index (χ0v) is 9.78. The van der Waals surface area contributed by atoms with Crippen LogP contribution in [0.25, 0.3) is 0 Å². The summed E-state index contributed by atoms with van der Waals surface area (Å²) in [5.41, 5.74) is 0. The van der Waals surface area contributed by atoms with Crippen LogP contribution in [0, 0.1) is 0 Å². The van der Waals surface area contributed by atoms with Crippen molar-refractivity contribution < 1.29 is 32.6 Å². The SMILES string of the molecule is CCOC(=O)COC(=O)OCSC(F)(F)Cl. The minimum Gasteiger partial charge on any atom is -0.463 e. The van der Waals surface area contributed by atoms with Crippen LogP contribution in [-0.2, 0) is 19.0 Å². The van der Waals surface area contributed by atoms with Gasteiger partial charge in [0.15, 0.2) is 6.61 Å². The van der Waals surface area contributed by atoms with Gasteiger partial charge in [-0.05, 0) is 30.3 Å². The molecule has 0 aliphatic heterocycles. The standard InChI is InChI=1S/C7H9ClF2O5S/c1-2-13-5(11)3-14-6(12)15-4-16-7(8,9)10/h2-4H2,1H3. The molecule has 0 heterocycles. The van der Waals surface area contributed by atoms with E-state index in [0.717, 1.165) is 0 Å². The lowest BCUT2D eigenvalue weighted by Crippen LogP contribution is -2.17. The van der Waals surface area contributed by atoms with E-state index in [-0.39, 0.29) is 18.4 Å². The van der Waals surface area contributed by atoms with Crippen molar-refractivity contribution in [2.45, 2.75) is 11.6 Å². The highest BCUT2D eigenvalue weighted by atomic mass is 35.5. The fourth-order valence-electron chi connectivity index (χ4n) is 0.507. The third kappa shape index (κ3) is 9.78. The summed E-state index contributed by atoms with van der Waals surface area (Å²) in [5, 5.41) is 0. The zero-order valence-electron chi connectivity index (χ0n) is 8.20. The number of carbonyl (C=O) groups is 2. The highest BCUT2D eigenvalue weighted by Gasteiger charge is 2.26. The van der Waals surface area contributed by atoms with E-state index >= 15 is 0 Å². The average molecular weight is 279 g/mol. The van der Waals surface area contributed by atoms with Crippen molar-refractivity contribution in [3.63, 3.8) is 0 Å². The summed E-state index contributed by atoms with van der Waals surface area (Å²) >= 11 is 4.41. The molecule has 0 saturated heterocycles. The van der Waals surface area contributed by atoms with E-state index in [1.807, 2.05) is 0 Å². The number of ether oxygens (including phenoxy) is 3. The van der Waals surface area contributed by atoms with Gasteiger partial charge in [-0.25, -0.2) is 9.59 Å². The van der Waals surface area contributed by atoms with Gasteiger partial charge in [-0.3, -0.25) is 0 Å². The van der Waals surface area contributed by atoms with Gasteiger partial charge in [-0.15, -0.1) is 0 Å². The fourth-order valence-corrected chi connectivity index (χ4v) is 0.929. The van der Waals surface area contributed by atoms with Crippen molar-refractivity contribution in [1.29, 1.82) is 0 Å². The molecule has 5 nitrogen and oxygen atoms in total. The largest absolute Gasteiger partial charge is 0.509 e. The lowest BCUT2D eigenvalue weighted by Gasteiger charge is -2.07. The quantitative estimate of drug-likeness (QED) is 0.422. The molecule has 0 N–H and O–H groups in total. The van der Waals surface area contributed by atoms with Crippen LogP contribution < -0.4 is 0 Å². The third-order valence-electron chi connectivity index (χ3n) is 1.01. The Bertz CT molecular complexity index is 245. The maximum Gasteiger partial charge on any atom is 0.509 e. The first kappa shape index (κ1) is 15.2. The number of rotatable bonds is 6. The Morgan fingerprint density at radius 2 is 1.94 bits per heavy atom. The molecule has 0 aromatic carbocycles. The van der Waals surface area contributed by atoms with Crippen LogP contribution in [-0.4, -0.2) is 36.0 Å². The summed E-state index contributed by atoms with van der Waals surface area (Å²) in [6, 6.07) is 0. The molecule has 94 valence electrons. The molecular weight excluding hydrogens is 270 g/mol. The van der Waals surface area contributed by atoms with Crippen molar-refractivity contribution in [1.82, 2.24) is 0 Å². The minimum absolute atomic E-state index is 0.101. The predicted octanol–water partition coefficient (Wildman–Crippen LogP) is 2.18. The van der Waals surface area contributed by atoms with Gasteiger partial charge in [0.05, 0.1) is 6.61 Å². The first-order valence-electron chi connectivity index (χ1n) is 4.01. The lowest BCUT2D eigenvalue weighted by atomic mass is 10.7. The van der Waals surface area contributed by atoms with Gasteiger partial charge in [0.25, 0.3) is 0 Å².